The second-order valence-corrected chi connectivity index (χ2v) is 3.58. The Morgan fingerprint density at radius 3 is 2.88 bits per heavy atom. The molecule has 0 saturated carbocycles. The number of nitro groups is 1. The topological polar surface area (TPSA) is 81.5 Å². The standard InChI is InChI=1S/C10H11ClN2O4/c1-17-10(14)4-5-12-7-2-3-8(11)9(6-7)13(15)16/h2-3,6,12H,4-5H2,1H3. The van der Waals surface area contributed by atoms with Gasteiger partial charge in [0, 0.05) is 18.3 Å². The Bertz CT molecular complexity index is 436. The van der Waals surface area contributed by atoms with Crippen LogP contribution in [0.15, 0.2) is 18.2 Å². The summed E-state index contributed by atoms with van der Waals surface area (Å²) in [4.78, 5) is 20.9. The van der Waals surface area contributed by atoms with Gasteiger partial charge in [-0.1, -0.05) is 11.6 Å². The molecule has 1 aromatic rings. The van der Waals surface area contributed by atoms with Crippen LogP contribution in [-0.4, -0.2) is 24.5 Å². The highest BCUT2D eigenvalue weighted by atomic mass is 35.5. The van der Waals surface area contributed by atoms with E-state index in [9.17, 15) is 14.9 Å². The first-order valence-corrected chi connectivity index (χ1v) is 5.17. The number of nitrogens with zero attached hydrogens (tertiary/aromatic N) is 1. The van der Waals surface area contributed by atoms with Crippen molar-refractivity contribution in [3.63, 3.8) is 0 Å². The predicted molar refractivity (Wildman–Crippen MR) is 63.2 cm³/mol. The average Bonchev–Trinajstić information content (AvgIpc) is 2.30. The molecule has 0 atom stereocenters. The molecule has 0 spiro atoms. The number of rotatable bonds is 5. The molecule has 0 aliphatic heterocycles. The summed E-state index contributed by atoms with van der Waals surface area (Å²) in [6, 6.07) is 4.35. The SMILES string of the molecule is COC(=O)CCNc1ccc(Cl)c([N+](=O)[O-])c1. The minimum Gasteiger partial charge on any atom is -0.469 e. The molecule has 1 rings (SSSR count). The molecule has 1 aromatic carbocycles. The van der Waals surface area contributed by atoms with Crippen LogP contribution in [0.1, 0.15) is 6.42 Å². The van der Waals surface area contributed by atoms with Crippen LogP contribution in [0.5, 0.6) is 0 Å². The molecule has 0 fully saturated rings. The number of ether oxygens (including phenoxy) is 1. The summed E-state index contributed by atoms with van der Waals surface area (Å²) < 4.78 is 4.46. The van der Waals surface area contributed by atoms with Gasteiger partial charge in [-0.05, 0) is 12.1 Å². The van der Waals surface area contributed by atoms with Crippen LogP contribution in [0, 0.1) is 10.1 Å². The van der Waals surface area contributed by atoms with E-state index in [2.05, 4.69) is 10.1 Å². The van der Waals surface area contributed by atoms with Gasteiger partial charge in [0.05, 0.1) is 18.5 Å². The Balaban J connectivity index is 2.63. The lowest BCUT2D eigenvalue weighted by atomic mass is 10.2. The lowest BCUT2D eigenvalue weighted by Gasteiger charge is -2.05. The molecule has 0 amide bonds. The molecule has 0 saturated heterocycles. The van der Waals surface area contributed by atoms with Gasteiger partial charge in [-0.2, -0.15) is 0 Å². The Kier molecular flexibility index (Phi) is 4.71. The minimum atomic E-state index is -0.562. The molecule has 0 aromatic heterocycles. The molecule has 7 heteroatoms. The van der Waals surface area contributed by atoms with E-state index in [1.165, 1.54) is 19.2 Å². The Morgan fingerprint density at radius 2 is 2.29 bits per heavy atom. The van der Waals surface area contributed by atoms with Gasteiger partial charge >= 0.3 is 5.97 Å². The smallest absolute Gasteiger partial charge is 0.307 e. The summed E-state index contributed by atoms with van der Waals surface area (Å²) >= 11 is 5.65. The number of benzene rings is 1. The second-order valence-electron chi connectivity index (χ2n) is 3.18. The molecule has 92 valence electrons. The highest BCUT2D eigenvalue weighted by Gasteiger charge is 2.12. The van der Waals surface area contributed by atoms with Gasteiger partial charge in [0.2, 0.25) is 0 Å². The fourth-order valence-corrected chi connectivity index (χ4v) is 1.36. The number of esters is 1. The summed E-state index contributed by atoms with van der Waals surface area (Å²) in [5.74, 6) is -0.346. The van der Waals surface area contributed by atoms with Gasteiger partial charge < -0.3 is 10.1 Å². The van der Waals surface area contributed by atoms with Crippen molar-refractivity contribution in [1.29, 1.82) is 0 Å². The number of hydrogen-bond donors (Lipinski definition) is 1. The Labute approximate surface area is 103 Å². The number of nitro benzene ring substituents is 1. The van der Waals surface area contributed by atoms with E-state index in [1.807, 2.05) is 0 Å². The van der Waals surface area contributed by atoms with E-state index in [4.69, 9.17) is 11.6 Å². The van der Waals surface area contributed by atoms with Crippen molar-refractivity contribution in [3.05, 3.63) is 33.3 Å². The molecule has 6 nitrogen and oxygen atoms in total. The van der Waals surface area contributed by atoms with Gasteiger partial charge in [-0.15, -0.1) is 0 Å². The summed E-state index contributed by atoms with van der Waals surface area (Å²) in [5.41, 5.74) is 0.361. The molecule has 0 aliphatic carbocycles. The largest absolute Gasteiger partial charge is 0.469 e. The maximum Gasteiger partial charge on any atom is 0.307 e. The Hall–Kier alpha value is -1.82. The maximum absolute atomic E-state index is 10.8. The van der Waals surface area contributed by atoms with Crippen LogP contribution in [0.3, 0.4) is 0 Å². The van der Waals surface area contributed by atoms with Crippen molar-refractivity contribution in [2.45, 2.75) is 6.42 Å². The van der Waals surface area contributed by atoms with Crippen molar-refractivity contribution < 1.29 is 14.5 Å². The van der Waals surface area contributed by atoms with Crippen molar-refractivity contribution in [2.75, 3.05) is 19.0 Å². The molecule has 1 N–H and O–H groups in total. The van der Waals surface area contributed by atoms with Gasteiger partial charge in [-0.3, -0.25) is 14.9 Å². The van der Waals surface area contributed by atoms with Crippen LogP contribution in [0.4, 0.5) is 11.4 Å². The first-order valence-electron chi connectivity index (χ1n) is 4.79. The number of nitrogens with one attached hydrogen (secondary N) is 1. The van der Waals surface area contributed by atoms with E-state index < -0.39 is 4.92 Å². The molecule has 0 bridgehead atoms. The normalized spacial score (nSPS) is 9.76. The third-order valence-electron chi connectivity index (χ3n) is 2.03. The van der Waals surface area contributed by atoms with E-state index in [0.29, 0.717) is 12.2 Å². The molecular formula is C10H11ClN2O4. The van der Waals surface area contributed by atoms with E-state index >= 15 is 0 Å². The van der Waals surface area contributed by atoms with Gasteiger partial charge in [0.1, 0.15) is 5.02 Å². The van der Waals surface area contributed by atoms with Crippen molar-refractivity contribution in [3.8, 4) is 0 Å². The maximum atomic E-state index is 10.8. The number of carbonyl (C=O) groups excluding carboxylic acids is 1. The lowest BCUT2D eigenvalue weighted by Crippen LogP contribution is -2.09. The summed E-state index contributed by atoms with van der Waals surface area (Å²) in [6.45, 7) is 0.339. The van der Waals surface area contributed by atoms with Crippen LogP contribution >= 0.6 is 11.6 Å². The zero-order valence-corrected chi connectivity index (χ0v) is 9.86. The predicted octanol–water partition coefficient (Wildman–Crippen LogP) is 2.22. The second kappa shape index (κ2) is 6.05. The molecular weight excluding hydrogens is 248 g/mol. The lowest BCUT2D eigenvalue weighted by molar-refractivity contribution is -0.384. The quantitative estimate of drug-likeness (QED) is 0.497. The fourth-order valence-electron chi connectivity index (χ4n) is 1.17. The Morgan fingerprint density at radius 1 is 1.59 bits per heavy atom. The van der Waals surface area contributed by atoms with E-state index in [0.717, 1.165) is 0 Å². The fraction of sp³-hybridized carbons (Fsp3) is 0.300. The molecule has 0 aliphatic rings. The zero-order chi connectivity index (χ0) is 12.8. The number of hydrogen-bond acceptors (Lipinski definition) is 5. The third kappa shape index (κ3) is 3.92. The average molecular weight is 259 g/mol. The van der Waals surface area contributed by atoms with Gasteiger partial charge in [0.15, 0.2) is 0 Å². The number of carbonyl (C=O) groups is 1. The van der Waals surface area contributed by atoms with Gasteiger partial charge in [-0.25, -0.2) is 0 Å². The minimum absolute atomic E-state index is 0.0773. The van der Waals surface area contributed by atoms with Crippen molar-refractivity contribution in [2.24, 2.45) is 0 Å². The van der Waals surface area contributed by atoms with E-state index in [-0.39, 0.29) is 23.1 Å². The van der Waals surface area contributed by atoms with Crippen LogP contribution < -0.4 is 5.32 Å². The van der Waals surface area contributed by atoms with E-state index in [1.54, 1.807) is 6.07 Å². The highest BCUT2D eigenvalue weighted by molar-refractivity contribution is 6.32. The first-order chi connectivity index (χ1) is 8.04. The molecule has 0 heterocycles. The number of halogens is 1. The summed E-state index contributed by atoms with van der Waals surface area (Å²) in [5, 5.41) is 13.6. The van der Waals surface area contributed by atoms with Crippen LogP contribution in [0.25, 0.3) is 0 Å². The molecule has 0 unspecified atom stereocenters. The summed E-state index contributed by atoms with van der Waals surface area (Å²) in [7, 11) is 1.30. The van der Waals surface area contributed by atoms with Crippen molar-refractivity contribution in [1.82, 2.24) is 0 Å². The zero-order valence-electron chi connectivity index (χ0n) is 9.10. The highest BCUT2D eigenvalue weighted by Crippen LogP contribution is 2.27. The van der Waals surface area contributed by atoms with Crippen LogP contribution in [0.2, 0.25) is 5.02 Å². The van der Waals surface area contributed by atoms with Crippen molar-refractivity contribution >= 4 is 28.9 Å². The number of methoxy groups -OCH3 is 1. The molecule has 17 heavy (non-hydrogen) atoms. The van der Waals surface area contributed by atoms with Crippen LogP contribution in [-0.2, 0) is 9.53 Å². The third-order valence-corrected chi connectivity index (χ3v) is 2.35. The number of anilines is 1. The monoisotopic (exact) mass is 258 g/mol. The summed E-state index contributed by atoms with van der Waals surface area (Å²) in [6.07, 6.45) is 0.187. The van der Waals surface area contributed by atoms with Gasteiger partial charge in [0.25, 0.3) is 5.69 Å². The molecule has 0 radical (unpaired) electrons. The first kappa shape index (κ1) is 13.2.